The fourth-order valence-electron chi connectivity index (χ4n) is 7.95. The Morgan fingerprint density at radius 1 is 0.491 bits per heavy atom. The standard InChI is InChI=1S/C49H50F2N4/c1-46(2,3)32-24-25-52-45(30-32)55-40-18-12-10-16-37(40)38-23-22-33(29-44(38)55)49(50,51)35-26-34(47(4,5)6)27-36(28-35)53-31-54(43-21-15-14-20-42(43)53)41-19-13-11-17-39(41)48(7,8)9/h10-30H,31H2,1-9H3. The van der Waals surface area contributed by atoms with Crippen LogP contribution in [0.1, 0.15) is 90.1 Å². The summed E-state index contributed by atoms with van der Waals surface area (Å²) in [7, 11) is 0. The van der Waals surface area contributed by atoms with Gasteiger partial charge >= 0.3 is 0 Å². The Morgan fingerprint density at radius 3 is 1.78 bits per heavy atom. The van der Waals surface area contributed by atoms with E-state index in [4.69, 9.17) is 4.98 Å². The number of aromatic nitrogens is 2. The number of benzene rings is 5. The molecule has 3 heterocycles. The van der Waals surface area contributed by atoms with Crippen LogP contribution >= 0.6 is 0 Å². The molecule has 0 saturated heterocycles. The van der Waals surface area contributed by atoms with Crippen molar-refractivity contribution >= 4 is 44.6 Å². The van der Waals surface area contributed by atoms with Gasteiger partial charge in [0, 0.05) is 39.5 Å². The van der Waals surface area contributed by atoms with Gasteiger partial charge in [-0.25, -0.2) is 4.98 Å². The second kappa shape index (κ2) is 12.8. The summed E-state index contributed by atoms with van der Waals surface area (Å²) >= 11 is 0. The maximum Gasteiger partial charge on any atom is 0.298 e. The molecule has 55 heavy (non-hydrogen) atoms. The van der Waals surface area contributed by atoms with Crippen LogP contribution in [-0.4, -0.2) is 16.2 Å². The number of anilines is 4. The maximum absolute atomic E-state index is 17.4. The van der Waals surface area contributed by atoms with E-state index in [1.807, 2.05) is 53.2 Å². The number of rotatable bonds is 5. The molecule has 1 aliphatic heterocycles. The topological polar surface area (TPSA) is 24.3 Å². The van der Waals surface area contributed by atoms with Gasteiger partial charge in [-0.3, -0.25) is 4.57 Å². The minimum Gasteiger partial charge on any atom is -0.321 e. The van der Waals surface area contributed by atoms with E-state index in [0.29, 0.717) is 18.0 Å². The molecule has 1 aliphatic rings. The second-order valence-corrected chi connectivity index (χ2v) is 18.1. The van der Waals surface area contributed by atoms with Crippen LogP contribution in [0.4, 0.5) is 31.5 Å². The van der Waals surface area contributed by atoms with Crippen molar-refractivity contribution in [2.24, 2.45) is 0 Å². The summed E-state index contributed by atoms with van der Waals surface area (Å²) in [6.07, 6.45) is 1.81. The highest BCUT2D eigenvalue weighted by atomic mass is 19.3. The SMILES string of the molecule is CC(C)(C)c1cc(N2CN(c3ccccc3C(C)(C)C)c3ccccc32)cc(C(F)(F)c2ccc3c4ccccc4n(-c4cc(C(C)(C)C)ccn4)c3c2)c1. The molecule has 280 valence electrons. The van der Waals surface area contributed by atoms with Crippen molar-refractivity contribution in [2.45, 2.75) is 84.5 Å². The Morgan fingerprint density at radius 2 is 1.09 bits per heavy atom. The predicted octanol–water partition coefficient (Wildman–Crippen LogP) is 13.5. The van der Waals surface area contributed by atoms with Crippen LogP contribution in [0, 0.1) is 0 Å². The Balaban J connectivity index is 1.28. The third-order valence-corrected chi connectivity index (χ3v) is 11.1. The average molecular weight is 733 g/mol. The summed E-state index contributed by atoms with van der Waals surface area (Å²) in [5.74, 6) is -2.59. The van der Waals surface area contributed by atoms with Crippen molar-refractivity contribution in [1.29, 1.82) is 0 Å². The lowest BCUT2D eigenvalue weighted by Gasteiger charge is -2.30. The summed E-state index contributed by atoms with van der Waals surface area (Å²) in [6, 6.07) is 39.5. The molecule has 0 aliphatic carbocycles. The van der Waals surface area contributed by atoms with Crippen LogP contribution < -0.4 is 9.80 Å². The molecule has 8 rings (SSSR count). The predicted molar refractivity (Wildman–Crippen MR) is 226 cm³/mol. The van der Waals surface area contributed by atoms with Gasteiger partial charge in [-0.05, 0) is 93.6 Å². The highest BCUT2D eigenvalue weighted by Gasteiger charge is 2.38. The molecule has 0 N–H and O–H groups in total. The molecule has 6 heteroatoms. The zero-order valence-corrected chi connectivity index (χ0v) is 33.4. The molecule has 0 atom stereocenters. The molecule has 4 nitrogen and oxygen atoms in total. The zero-order chi connectivity index (χ0) is 39.1. The number of nitrogens with zero attached hydrogens (tertiary/aromatic N) is 4. The van der Waals surface area contributed by atoms with Gasteiger partial charge in [0.15, 0.2) is 0 Å². The van der Waals surface area contributed by atoms with Crippen molar-refractivity contribution in [3.8, 4) is 5.82 Å². The van der Waals surface area contributed by atoms with Gasteiger partial charge < -0.3 is 9.80 Å². The normalized spacial score (nSPS) is 13.9. The number of halogens is 2. The van der Waals surface area contributed by atoms with E-state index < -0.39 is 5.92 Å². The Labute approximate surface area is 324 Å². The molecule has 0 spiro atoms. The smallest absolute Gasteiger partial charge is 0.298 e. The Hall–Kier alpha value is -5.49. The molecular weight excluding hydrogens is 683 g/mol. The average Bonchev–Trinajstić information content (AvgIpc) is 3.70. The van der Waals surface area contributed by atoms with Crippen LogP contribution in [0.2, 0.25) is 0 Å². The Kier molecular flexibility index (Phi) is 8.49. The van der Waals surface area contributed by atoms with Gasteiger partial charge in [0.1, 0.15) is 12.5 Å². The van der Waals surface area contributed by atoms with Gasteiger partial charge in [0.25, 0.3) is 5.92 Å². The third kappa shape index (κ3) is 6.35. The van der Waals surface area contributed by atoms with Gasteiger partial charge in [0.2, 0.25) is 0 Å². The number of hydrogen-bond acceptors (Lipinski definition) is 3. The van der Waals surface area contributed by atoms with E-state index in [1.54, 1.807) is 24.3 Å². The van der Waals surface area contributed by atoms with Crippen LogP contribution in [0.15, 0.2) is 128 Å². The van der Waals surface area contributed by atoms with Gasteiger partial charge in [-0.1, -0.05) is 123 Å². The first kappa shape index (κ1) is 36.5. The lowest BCUT2D eigenvalue weighted by Crippen LogP contribution is -2.27. The number of alkyl halides is 2. The molecule has 2 aromatic heterocycles. The number of hydrogen-bond donors (Lipinski definition) is 0. The van der Waals surface area contributed by atoms with Gasteiger partial charge in [-0.2, -0.15) is 8.78 Å². The van der Waals surface area contributed by atoms with Crippen molar-refractivity contribution in [1.82, 2.24) is 9.55 Å². The molecule has 0 fully saturated rings. The molecule has 0 amide bonds. The third-order valence-electron chi connectivity index (χ3n) is 11.1. The van der Waals surface area contributed by atoms with Crippen LogP contribution in [-0.2, 0) is 22.2 Å². The van der Waals surface area contributed by atoms with E-state index >= 15 is 8.78 Å². The fourth-order valence-corrected chi connectivity index (χ4v) is 7.95. The summed E-state index contributed by atoms with van der Waals surface area (Å²) in [5, 5.41) is 1.91. The molecule has 5 aromatic carbocycles. The summed E-state index contributed by atoms with van der Waals surface area (Å²) in [5.41, 5.74) is 8.08. The summed E-state index contributed by atoms with van der Waals surface area (Å²) < 4.78 is 36.9. The highest BCUT2D eigenvalue weighted by Crippen LogP contribution is 2.49. The van der Waals surface area contributed by atoms with E-state index in [9.17, 15) is 0 Å². The molecule has 0 unspecified atom stereocenters. The van der Waals surface area contributed by atoms with Crippen LogP contribution in [0.25, 0.3) is 27.6 Å². The van der Waals surface area contributed by atoms with E-state index in [1.165, 1.54) is 5.56 Å². The first-order valence-corrected chi connectivity index (χ1v) is 19.2. The van der Waals surface area contributed by atoms with Crippen molar-refractivity contribution in [2.75, 3.05) is 16.5 Å². The van der Waals surface area contributed by atoms with Crippen LogP contribution in [0.5, 0.6) is 0 Å². The summed E-state index contributed by atoms with van der Waals surface area (Å²) in [6.45, 7) is 19.9. The number of pyridine rings is 1. The fraction of sp³-hybridized carbons (Fsp3) is 0.286. The van der Waals surface area contributed by atoms with Crippen LogP contribution in [0.3, 0.4) is 0 Å². The van der Waals surface area contributed by atoms with E-state index in [0.717, 1.165) is 50.2 Å². The van der Waals surface area contributed by atoms with Gasteiger partial charge in [-0.15, -0.1) is 0 Å². The minimum atomic E-state index is -3.30. The first-order chi connectivity index (χ1) is 25.9. The van der Waals surface area contributed by atoms with E-state index in [-0.39, 0.29) is 27.4 Å². The molecule has 0 bridgehead atoms. The lowest BCUT2D eigenvalue weighted by atomic mass is 9.84. The molecular formula is C49H50F2N4. The van der Waals surface area contributed by atoms with Gasteiger partial charge in [0.05, 0.1) is 22.4 Å². The first-order valence-electron chi connectivity index (χ1n) is 19.2. The van der Waals surface area contributed by atoms with Crippen molar-refractivity contribution in [3.05, 3.63) is 155 Å². The molecule has 0 radical (unpaired) electrons. The Bertz CT molecular complexity index is 2580. The monoisotopic (exact) mass is 732 g/mol. The van der Waals surface area contributed by atoms with Crippen molar-refractivity contribution in [3.63, 3.8) is 0 Å². The van der Waals surface area contributed by atoms with E-state index in [2.05, 4.69) is 127 Å². The highest BCUT2D eigenvalue weighted by molar-refractivity contribution is 6.09. The summed E-state index contributed by atoms with van der Waals surface area (Å²) in [4.78, 5) is 9.26. The number of fused-ring (bicyclic) bond motifs is 4. The molecule has 7 aromatic rings. The zero-order valence-electron chi connectivity index (χ0n) is 33.4. The quantitative estimate of drug-likeness (QED) is 0.176. The van der Waals surface area contributed by atoms with Crippen molar-refractivity contribution < 1.29 is 8.78 Å². The largest absolute Gasteiger partial charge is 0.321 e. The maximum atomic E-state index is 17.4. The number of para-hydroxylation sites is 4. The second-order valence-electron chi connectivity index (χ2n) is 18.1. The minimum absolute atomic E-state index is 0.0317. The lowest BCUT2D eigenvalue weighted by molar-refractivity contribution is 0.0428. The molecule has 0 saturated carbocycles.